The van der Waals surface area contributed by atoms with Crippen molar-refractivity contribution in [2.75, 3.05) is 18.9 Å². The zero-order valence-electron chi connectivity index (χ0n) is 14.6. The molecule has 1 aliphatic rings. The van der Waals surface area contributed by atoms with E-state index in [9.17, 15) is 4.79 Å². The highest BCUT2D eigenvalue weighted by molar-refractivity contribution is 8.00. The molecule has 0 aliphatic carbocycles. The van der Waals surface area contributed by atoms with Crippen LogP contribution in [0.15, 0.2) is 30.3 Å². The van der Waals surface area contributed by atoms with Crippen molar-refractivity contribution in [3.8, 4) is 0 Å². The number of ether oxygens (including phenoxy) is 1. The van der Waals surface area contributed by atoms with Crippen LogP contribution in [0.3, 0.4) is 0 Å². The first-order valence-corrected chi connectivity index (χ1v) is 9.49. The van der Waals surface area contributed by atoms with E-state index >= 15 is 0 Å². The monoisotopic (exact) mass is 335 g/mol. The van der Waals surface area contributed by atoms with Crippen LogP contribution in [0.2, 0.25) is 0 Å². The molecule has 0 spiro atoms. The summed E-state index contributed by atoms with van der Waals surface area (Å²) >= 11 is 1.95. The lowest BCUT2D eigenvalue weighted by molar-refractivity contribution is -0.139. The molecular formula is C19H29NO2S. The van der Waals surface area contributed by atoms with Gasteiger partial charge in [0.2, 0.25) is 5.91 Å². The van der Waals surface area contributed by atoms with Gasteiger partial charge < -0.3 is 9.64 Å². The molecule has 1 aromatic carbocycles. The van der Waals surface area contributed by atoms with Gasteiger partial charge in [0, 0.05) is 23.1 Å². The van der Waals surface area contributed by atoms with Crippen LogP contribution < -0.4 is 0 Å². The minimum Gasteiger partial charge on any atom is -0.367 e. The number of hydrogen-bond donors (Lipinski definition) is 0. The molecule has 0 N–H and O–H groups in total. The molecule has 1 saturated heterocycles. The lowest BCUT2D eigenvalue weighted by atomic mass is 10.0. The second-order valence-electron chi connectivity index (χ2n) is 7.14. The predicted molar refractivity (Wildman–Crippen MR) is 97.7 cm³/mol. The highest BCUT2D eigenvalue weighted by Crippen LogP contribution is 2.28. The van der Waals surface area contributed by atoms with E-state index in [1.54, 1.807) is 0 Å². The average Bonchev–Trinajstić information content (AvgIpc) is 2.53. The number of likely N-dealkylation sites (tertiary alicyclic amines) is 1. The van der Waals surface area contributed by atoms with E-state index in [2.05, 4.69) is 20.8 Å². The highest BCUT2D eigenvalue weighted by atomic mass is 32.2. The van der Waals surface area contributed by atoms with Gasteiger partial charge in [-0.2, -0.15) is 11.8 Å². The number of rotatable bonds is 6. The van der Waals surface area contributed by atoms with Gasteiger partial charge in [-0.15, -0.1) is 0 Å². The molecule has 0 unspecified atom stereocenters. The topological polar surface area (TPSA) is 29.5 Å². The Balaban J connectivity index is 1.80. The third kappa shape index (κ3) is 6.56. The van der Waals surface area contributed by atoms with Gasteiger partial charge in [0.25, 0.3) is 0 Å². The second kappa shape index (κ2) is 8.74. The zero-order chi connectivity index (χ0) is 16.7. The van der Waals surface area contributed by atoms with Crippen LogP contribution in [0.1, 0.15) is 45.6 Å². The Labute approximate surface area is 144 Å². The Morgan fingerprint density at radius 3 is 2.70 bits per heavy atom. The Morgan fingerprint density at radius 2 is 2.00 bits per heavy atom. The predicted octanol–water partition coefficient (Wildman–Crippen LogP) is 4.12. The van der Waals surface area contributed by atoms with E-state index in [4.69, 9.17) is 4.74 Å². The van der Waals surface area contributed by atoms with Crippen molar-refractivity contribution in [1.82, 2.24) is 4.90 Å². The molecule has 0 aromatic heterocycles. The molecule has 4 heteroatoms. The quantitative estimate of drug-likeness (QED) is 0.783. The lowest BCUT2D eigenvalue weighted by Gasteiger charge is -2.37. The molecule has 1 atom stereocenters. The highest BCUT2D eigenvalue weighted by Gasteiger charge is 2.27. The van der Waals surface area contributed by atoms with Gasteiger partial charge >= 0.3 is 0 Å². The number of nitrogens with zero attached hydrogens (tertiary/aromatic N) is 1. The minimum atomic E-state index is 0.139. The third-order valence-electron chi connectivity index (χ3n) is 3.99. The van der Waals surface area contributed by atoms with Crippen molar-refractivity contribution in [1.29, 1.82) is 0 Å². The van der Waals surface area contributed by atoms with Gasteiger partial charge in [-0.1, -0.05) is 51.1 Å². The fraction of sp³-hybridized carbons (Fsp3) is 0.632. The van der Waals surface area contributed by atoms with Gasteiger partial charge in [0.1, 0.15) is 6.61 Å². The van der Waals surface area contributed by atoms with Crippen molar-refractivity contribution in [3.63, 3.8) is 0 Å². The summed E-state index contributed by atoms with van der Waals surface area (Å²) in [5.74, 6) is 1.16. The van der Waals surface area contributed by atoms with E-state index in [1.165, 1.54) is 6.42 Å². The molecule has 0 bridgehead atoms. The van der Waals surface area contributed by atoms with E-state index in [1.807, 2.05) is 47.0 Å². The molecular weight excluding hydrogens is 306 g/mol. The number of piperidine rings is 1. The summed E-state index contributed by atoms with van der Waals surface area (Å²) in [6.45, 7) is 8.26. The van der Waals surface area contributed by atoms with Crippen molar-refractivity contribution >= 4 is 17.7 Å². The molecule has 3 nitrogen and oxygen atoms in total. The summed E-state index contributed by atoms with van der Waals surface area (Å²) in [7, 11) is 0. The normalized spacial score (nSPS) is 18.9. The summed E-state index contributed by atoms with van der Waals surface area (Å²) in [6, 6.07) is 10.4. The fourth-order valence-electron chi connectivity index (χ4n) is 2.76. The molecule has 1 fully saturated rings. The molecule has 1 aliphatic heterocycles. The van der Waals surface area contributed by atoms with Crippen molar-refractivity contribution in [2.45, 2.75) is 57.4 Å². The van der Waals surface area contributed by atoms with Gasteiger partial charge in [-0.05, 0) is 24.8 Å². The second-order valence-corrected chi connectivity index (χ2v) is 8.99. The molecule has 2 rings (SSSR count). The van der Waals surface area contributed by atoms with E-state index < -0.39 is 0 Å². The summed E-state index contributed by atoms with van der Waals surface area (Å²) < 4.78 is 5.88. The van der Waals surface area contributed by atoms with Gasteiger partial charge in [0.05, 0.1) is 6.61 Å². The van der Waals surface area contributed by atoms with Crippen LogP contribution in [-0.4, -0.2) is 40.5 Å². The van der Waals surface area contributed by atoms with E-state index in [0.717, 1.165) is 30.7 Å². The Morgan fingerprint density at radius 1 is 1.26 bits per heavy atom. The minimum absolute atomic E-state index is 0.139. The number of benzene rings is 1. The number of hydrogen-bond acceptors (Lipinski definition) is 3. The maximum atomic E-state index is 12.5. The van der Waals surface area contributed by atoms with Gasteiger partial charge in [-0.3, -0.25) is 4.79 Å². The van der Waals surface area contributed by atoms with Crippen LogP contribution >= 0.6 is 11.8 Å². The fourth-order valence-corrected chi connectivity index (χ4v) is 3.80. The van der Waals surface area contributed by atoms with Gasteiger partial charge in [-0.25, -0.2) is 0 Å². The Hall–Kier alpha value is -1.00. The molecule has 1 amide bonds. The Kier molecular flexibility index (Phi) is 6.97. The number of carbonyl (C=O) groups is 1. The maximum Gasteiger partial charge on any atom is 0.248 e. The summed E-state index contributed by atoms with van der Waals surface area (Å²) in [4.78, 5) is 14.6. The van der Waals surface area contributed by atoms with Crippen LogP contribution in [-0.2, 0) is 16.1 Å². The van der Waals surface area contributed by atoms with Crippen LogP contribution in [0.5, 0.6) is 0 Å². The molecule has 1 aromatic rings. The maximum absolute atomic E-state index is 12.5. The summed E-state index contributed by atoms with van der Waals surface area (Å²) in [5.41, 5.74) is 1.11. The first-order valence-electron chi connectivity index (χ1n) is 8.51. The number of amides is 1. The van der Waals surface area contributed by atoms with Crippen LogP contribution in [0.4, 0.5) is 0 Å². The summed E-state index contributed by atoms with van der Waals surface area (Å²) in [5, 5.41) is 0. The number of thioether (sulfide) groups is 1. The van der Waals surface area contributed by atoms with E-state index in [0.29, 0.717) is 12.6 Å². The van der Waals surface area contributed by atoms with Crippen molar-refractivity contribution in [2.24, 2.45) is 0 Å². The summed E-state index contributed by atoms with van der Waals surface area (Å²) in [6.07, 6.45) is 3.46. The first kappa shape index (κ1) is 18.3. The standard InChI is InChI=1S/C19H29NO2S/c1-19(2,3)23-15-17-11-7-8-12-20(17)18(21)14-22-13-16-9-5-4-6-10-16/h4-6,9-10,17H,7-8,11-15H2,1-3H3/t17-/m1/s1. The molecule has 1 heterocycles. The average molecular weight is 336 g/mol. The zero-order valence-corrected chi connectivity index (χ0v) is 15.4. The molecule has 23 heavy (non-hydrogen) atoms. The molecule has 0 radical (unpaired) electrons. The van der Waals surface area contributed by atoms with Crippen molar-refractivity contribution < 1.29 is 9.53 Å². The van der Waals surface area contributed by atoms with Crippen molar-refractivity contribution in [3.05, 3.63) is 35.9 Å². The molecule has 0 saturated carbocycles. The largest absolute Gasteiger partial charge is 0.367 e. The van der Waals surface area contributed by atoms with Crippen LogP contribution in [0.25, 0.3) is 0 Å². The SMILES string of the molecule is CC(C)(C)SC[C@H]1CCCCN1C(=O)COCc1ccccc1. The first-order chi connectivity index (χ1) is 11.0. The Bertz CT molecular complexity index is 484. The van der Waals surface area contributed by atoms with E-state index in [-0.39, 0.29) is 17.3 Å². The van der Waals surface area contributed by atoms with Gasteiger partial charge in [0.15, 0.2) is 0 Å². The van der Waals surface area contributed by atoms with Crippen LogP contribution in [0, 0.1) is 0 Å². The molecule has 128 valence electrons. The smallest absolute Gasteiger partial charge is 0.248 e. The lowest BCUT2D eigenvalue weighted by Crippen LogP contribution is -2.47. The third-order valence-corrected chi connectivity index (χ3v) is 5.41. The number of carbonyl (C=O) groups excluding carboxylic acids is 1.